The third-order valence-corrected chi connectivity index (χ3v) is 5.79. The molecular formula is C22H25BrN2O2. The molecule has 3 rings (SSSR count). The number of benzene rings is 2. The zero-order chi connectivity index (χ0) is 19.4. The minimum atomic E-state index is -0.0366. The first-order chi connectivity index (χ1) is 13.0. The van der Waals surface area contributed by atoms with E-state index in [0.717, 1.165) is 10.0 Å². The molecule has 0 bridgehead atoms. The summed E-state index contributed by atoms with van der Waals surface area (Å²) >= 11 is 3.39. The molecule has 2 aromatic rings. The van der Waals surface area contributed by atoms with Crippen molar-refractivity contribution < 1.29 is 9.59 Å². The standard InChI is InChI=1S/C22H25BrN2O2/c1-15-5-3-4-6-20(15)16(2)24-21(26)17-11-13-25(14-12-17)22(27)18-7-9-19(23)10-8-18/h3-10,16-17H,11-14H2,1-2H3,(H,24,26). The second-order valence-corrected chi connectivity index (χ2v) is 8.08. The van der Waals surface area contributed by atoms with Crippen molar-refractivity contribution in [1.82, 2.24) is 10.2 Å². The highest BCUT2D eigenvalue weighted by atomic mass is 79.9. The van der Waals surface area contributed by atoms with E-state index >= 15 is 0 Å². The molecule has 2 aromatic carbocycles. The van der Waals surface area contributed by atoms with Gasteiger partial charge in [0.2, 0.25) is 5.91 Å². The fourth-order valence-electron chi connectivity index (χ4n) is 3.60. The molecular weight excluding hydrogens is 404 g/mol. The fourth-order valence-corrected chi connectivity index (χ4v) is 3.87. The highest BCUT2D eigenvalue weighted by Gasteiger charge is 2.28. The van der Waals surface area contributed by atoms with Crippen molar-refractivity contribution in [2.24, 2.45) is 5.92 Å². The van der Waals surface area contributed by atoms with E-state index in [1.54, 1.807) is 0 Å². The Labute approximate surface area is 169 Å². The number of hydrogen-bond donors (Lipinski definition) is 1. The summed E-state index contributed by atoms with van der Waals surface area (Å²) < 4.78 is 0.956. The number of piperidine rings is 1. The van der Waals surface area contributed by atoms with Gasteiger partial charge >= 0.3 is 0 Å². The molecule has 27 heavy (non-hydrogen) atoms. The van der Waals surface area contributed by atoms with E-state index in [1.165, 1.54) is 5.56 Å². The van der Waals surface area contributed by atoms with Crippen molar-refractivity contribution >= 4 is 27.7 Å². The Morgan fingerprint density at radius 3 is 2.33 bits per heavy atom. The van der Waals surface area contributed by atoms with Crippen LogP contribution in [0.15, 0.2) is 53.0 Å². The quantitative estimate of drug-likeness (QED) is 0.779. The lowest BCUT2D eigenvalue weighted by Crippen LogP contribution is -2.43. The van der Waals surface area contributed by atoms with Crippen LogP contribution in [0.1, 0.15) is 47.3 Å². The molecule has 1 aliphatic rings. The number of carbonyl (C=O) groups is 2. The summed E-state index contributed by atoms with van der Waals surface area (Å²) in [5.41, 5.74) is 3.02. The molecule has 0 saturated carbocycles. The summed E-state index contributed by atoms with van der Waals surface area (Å²) in [5.74, 6) is 0.0848. The van der Waals surface area contributed by atoms with Crippen molar-refractivity contribution in [3.05, 3.63) is 69.7 Å². The molecule has 2 amide bonds. The molecule has 1 aliphatic heterocycles. The van der Waals surface area contributed by atoms with Gasteiger partial charge in [-0.15, -0.1) is 0 Å². The van der Waals surface area contributed by atoms with Crippen molar-refractivity contribution in [3.63, 3.8) is 0 Å². The van der Waals surface area contributed by atoms with Gasteiger partial charge in [-0.2, -0.15) is 0 Å². The van der Waals surface area contributed by atoms with E-state index in [0.29, 0.717) is 31.5 Å². The second-order valence-electron chi connectivity index (χ2n) is 7.16. The lowest BCUT2D eigenvalue weighted by Gasteiger charge is -2.32. The number of likely N-dealkylation sites (tertiary alicyclic amines) is 1. The number of nitrogens with one attached hydrogen (secondary N) is 1. The van der Waals surface area contributed by atoms with E-state index in [9.17, 15) is 9.59 Å². The van der Waals surface area contributed by atoms with Gasteiger partial charge < -0.3 is 10.2 Å². The number of aryl methyl sites for hydroxylation is 1. The Kier molecular flexibility index (Phi) is 6.32. The Bertz CT molecular complexity index is 811. The van der Waals surface area contributed by atoms with Crippen LogP contribution in [0, 0.1) is 12.8 Å². The predicted molar refractivity (Wildman–Crippen MR) is 111 cm³/mol. The molecule has 0 spiro atoms. The average molecular weight is 429 g/mol. The highest BCUT2D eigenvalue weighted by molar-refractivity contribution is 9.10. The second kappa shape index (κ2) is 8.70. The van der Waals surface area contributed by atoms with Gasteiger partial charge in [0, 0.05) is 29.0 Å². The summed E-state index contributed by atoms with van der Waals surface area (Å²) in [7, 11) is 0. The maximum atomic E-state index is 12.7. The summed E-state index contributed by atoms with van der Waals surface area (Å²) in [6.07, 6.45) is 1.41. The molecule has 142 valence electrons. The topological polar surface area (TPSA) is 49.4 Å². The first-order valence-corrected chi connectivity index (χ1v) is 10.2. The van der Waals surface area contributed by atoms with Gasteiger partial charge in [0.25, 0.3) is 5.91 Å². The number of hydrogen-bond acceptors (Lipinski definition) is 2. The Morgan fingerprint density at radius 2 is 1.70 bits per heavy atom. The lowest BCUT2D eigenvalue weighted by molar-refractivity contribution is -0.127. The van der Waals surface area contributed by atoms with Gasteiger partial charge in [0.15, 0.2) is 0 Å². The van der Waals surface area contributed by atoms with Crippen molar-refractivity contribution in [2.45, 2.75) is 32.7 Å². The van der Waals surface area contributed by atoms with Gasteiger partial charge in [-0.25, -0.2) is 0 Å². The molecule has 0 radical (unpaired) electrons. The van der Waals surface area contributed by atoms with Crippen LogP contribution in [0.5, 0.6) is 0 Å². The fraction of sp³-hybridized carbons (Fsp3) is 0.364. The van der Waals surface area contributed by atoms with Gasteiger partial charge in [-0.05, 0) is 62.1 Å². The summed E-state index contributed by atoms with van der Waals surface area (Å²) in [5, 5.41) is 3.14. The van der Waals surface area contributed by atoms with Crippen LogP contribution in [-0.2, 0) is 4.79 Å². The number of rotatable bonds is 4. The van der Waals surface area contributed by atoms with Crippen molar-refractivity contribution in [2.75, 3.05) is 13.1 Å². The highest BCUT2D eigenvalue weighted by Crippen LogP contribution is 2.22. The third-order valence-electron chi connectivity index (χ3n) is 5.26. The van der Waals surface area contributed by atoms with E-state index in [4.69, 9.17) is 0 Å². The minimum absolute atomic E-state index is 0.0128. The SMILES string of the molecule is Cc1ccccc1C(C)NC(=O)C1CCN(C(=O)c2ccc(Br)cc2)CC1. The van der Waals surface area contributed by atoms with Crippen molar-refractivity contribution in [3.8, 4) is 0 Å². The Hall–Kier alpha value is -2.14. The molecule has 1 atom stereocenters. The monoisotopic (exact) mass is 428 g/mol. The van der Waals surface area contributed by atoms with Crippen LogP contribution in [-0.4, -0.2) is 29.8 Å². The number of amides is 2. The maximum Gasteiger partial charge on any atom is 0.253 e. The van der Waals surface area contributed by atoms with E-state index in [-0.39, 0.29) is 23.8 Å². The molecule has 1 unspecified atom stereocenters. The summed E-state index contributed by atoms with van der Waals surface area (Å²) in [4.78, 5) is 27.1. The predicted octanol–water partition coefficient (Wildman–Crippen LogP) is 4.49. The number of carbonyl (C=O) groups excluding carboxylic acids is 2. The average Bonchev–Trinajstić information content (AvgIpc) is 2.68. The third kappa shape index (κ3) is 4.78. The van der Waals surface area contributed by atoms with Crippen LogP contribution in [0.25, 0.3) is 0 Å². The molecule has 4 nitrogen and oxygen atoms in total. The van der Waals surface area contributed by atoms with Gasteiger partial charge in [-0.3, -0.25) is 9.59 Å². The zero-order valence-electron chi connectivity index (χ0n) is 15.7. The first-order valence-electron chi connectivity index (χ1n) is 9.36. The van der Waals surface area contributed by atoms with E-state index in [1.807, 2.05) is 48.2 Å². The molecule has 0 aromatic heterocycles. The van der Waals surface area contributed by atoms with Gasteiger partial charge in [0.05, 0.1) is 6.04 Å². The molecule has 1 N–H and O–H groups in total. The summed E-state index contributed by atoms with van der Waals surface area (Å²) in [6, 6.07) is 15.5. The van der Waals surface area contributed by atoms with Crippen LogP contribution in [0.2, 0.25) is 0 Å². The molecule has 5 heteroatoms. The minimum Gasteiger partial charge on any atom is -0.349 e. The number of nitrogens with zero attached hydrogens (tertiary/aromatic N) is 1. The molecule has 1 fully saturated rings. The smallest absolute Gasteiger partial charge is 0.253 e. The Morgan fingerprint density at radius 1 is 1.07 bits per heavy atom. The normalized spacial score (nSPS) is 16.0. The summed E-state index contributed by atoms with van der Waals surface area (Å²) in [6.45, 7) is 5.31. The first kappa shape index (κ1) is 19.6. The molecule has 0 aliphatic carbocycles. The van der Waals surface area contributed by atoms with Gasteiger partial charge in [0.1, 0.15) is 0 Å². The van der Waals surface area contributed by atoms with Gasteiger partial charge in [-0.1, -0.05) is 40.2 Å². The largest absolute Gasteiger partial charge is 0.349 e. The van der Waals surface area contributed by atoms with Crippen molar-refractivity contribution in [1.29, 1.82) is 0 Å². The lowest BCUT2D eigenvalue weighted by atomic mass is 9.94. The molecule has 1 heterocycles. The van der Waals surface area contributed by atoms with E-state index in [2.05, 4.69) is 40.3 Å². The number of halogens is 1. The Balaban J connectivity index is 1.54. The zero-order valence-corrected chi connectivity index (χ0v) is 17.3. The van der Waals surface area contributed by atoms with Crippen LogP contribution >= 0.6 is 15.9 Å². The van der Waals surface area contributed by atoms with Crippen LogP contribution < -0.4 is 5.32 Å². The maximum absolute atomic E-state index is 12.7. The molecule has 1 saturated heterocycles. The van der Waals surface area contributed by atoms with Crippen LogP contribution in [0.4, 0.5) is 0 Å². The van der Waals surface area contributed by atoms with E-state index < -0.39 is 0 Å². The van der Waals surface area contributed by atoms with Crippen LogP contribution in [0.3, 0.4) is 0 Å².